The van der Waals surface area contributed by atoms with E-state index in [-0.39, 0.29) is 30.8 Å². The number of aryl methyl sites for hydroxylation is 1. The number of aromatic nitrogens is 3. The molecule has 0 aromatic carbocycles. The second kappa shape index (κ2) is 17.6. The first kappa shape index (κ1) is 43.6. The van der Waals surface area contributed by atoms with Crippen LogP contribution in [-0.4, -0.2) is 135 Å². The molecule has 2 aromatic heterocycles. The summed E-state index contributed by atoms with van der Waals surface area (Å²) >= 11 is 0. The van der Waals surface area contributed by atoms with Gasteiger partial charge in [0.05, 0.1) is 35.7 Å². The van der Waals surface area contributed by atoms with E-state index in [9.17, 15) is 24.3 Å². The topological polar surface area (TPSA) is 172 Å². The molecule has 0 spiro atoms. The van der Waals surface area contributed by atoms with Crippen molar-refractivity contribution in [3.8, 4) is 0 Å². The lowest BCUT2D eigenvalue weighted by Crippen LogP contribution is -2.60. The minimum atomic E-state index is -1.40. The summed E-state index contributed by atoms with van der Waals surface area (Å²) in [5.41, 5.74) is -1.09. The summed E-state index contributed by atoms with van der Waals surface area (Å²) in [6, 6.07) is 2.76. The van der Waals surface area contributed by atoms with Crippen molar-refractivity contribution in [2.45, 2.75) is 148 Å². The van der Waals surface area contributed by atoms with Crippen LogP contribution in [0.2, 0.25) is 0 Å². The van der Waals surface area contributed by atoms with Gasteiger partial charge in [-0.2, -0.15) is 0 Å². The number of unbranched alkanes of at least 4 members (excludes halogenated alkanes) is 1. The monoisotopic (exact) mass is 785 g/mol. The molecule has 15 nitrogen and oxygen atoms in total. The van der Waals surface area contributed by atoms with Crippen LogP contribution in [0.4, 0.5) is 4.79 Å². The predicted molar refractivity (Wildman–Crippen MR) is 206 cm³/mol. The van der Waals surface area contributed by atoms with Gasteiger partial charge in [0, 0.05) is 50.2 Å². The molecule has 1 N–H and O–H groups in total. The number of Topliss-reactive ketones (excluding diaryl/α,β-unsaturated/α-hetero) is 2. The Kier molecular flexibility index (Phi) is 13.7. The predicted octanol–water partition coefficient (Wildman–Crippen LogP) is 4.42. The normalized spacial score (nSPS) is 37.7. The lowest BCUT2D eigenvalue weighted by atomic mass is 9.73. The molecule has 3 fully saturated rings. The number of methoxy groups -OCH3 is 1. The molecular formula is C41H63N5O10. The summed E-state index contributed by atoms with van der Waals surface area (Å²) in [6.45, 7) is 14.9. The number of rotatable bonds is 10. The Hall–Kier alpha value is -3.50. The van der Waals surface area contributed by atoms with Crippen molar-refractivity contribution in [3.05, 3.63) is 24.7 Å². The Morgan fingerprint density at radius 3 is 2.36 bits per heavy atom. The molecule has 0 radical (unpaired) electrons. The molecule has 3 saturated heterocycles. The Bertz CT molecular complexity index is 1720. The van der Waals surface area contributed by atoms with Gasteiger partial charge in [-0.05, 0) is 86.0 Å². The second-order valence-corrected chi connectivity index (χ2v) is 16.9. The van der Waals surface area contributed by atoms with E-state index < -0.39 is 83.4 Å². The fraction of sp³-hybridized carbons (Fsp3) is 0.756. The standard InChI is InChI=1S/C41H63N5O10/c1-12-30-41(8)34(46(39(51)56-41)19-14-13-18-45-22-43-36-28(45)16-15-17-42-36)25(4)31(47)23(2)21-40(7,52-11)35(26(5)32(48)27(6)37(50)54-30)55-38-33(49)29(44(9)10)20-24(3)53-38/h15-17,22-27,29-30,33-35,38,49H,12-14,18-21H2,1-11H3/t23-,24+,25+,26+,27-,29-,30-,33+,34-,35-,38-,40-,41-/m1/s1. The molecule has 56 heavy (non-hydrogen) atoms. The molecule has 2 aromatic rings. The summed E-state index contributed by atoms with van der Waals surface area (Å²) in [6.07, 6.45) is 0.714. The number of likely N-dealkylation sites (N-methyl/N-ethyl adjacent to an activating group) is 1. The van der Waals surface area contributed by atoms with Crippen molar-refractivity contribution in [3.63, 3.8) is 0 Å². The van der Waals surface area contributed by atoms with Crippen molar-refractivity contribution in [1.29, 1.82) is 0 Å². The number of cyclic esters (lactones) is 1. The third-order valence-corrected chi connectivity index (χ3v) is 12.6. The van der Waals surface area contributed by atoms with Crippen LogP contribution >= 0.6 is 0 Å². The van der Waals surface area contributed by atoms with Gasteiger partial charge in [0.1, 0.15) is 23.9 Å². The van der Waals surface area contributed by atoms with Gasteiger partial charge in [0.25, 0.3) is 0 Å². The van der Waals surface area contributed by atoms with Gasteiger partial charge in [-0.15, -0.1) is 0 Å². The number of esters is 1. The number of carbonyl (C=O) groups excluding carboxylic acids is 4. The van der Waals surface area contributed by atoms with Crippen LogP contribution in [0.1, 0.15) is 87.5 Å². The Morgan fingerprint density at radius 2 is 1.70 bits per heavy atom. The molecule has 0 saturated carbocycles. The summed E-state index contributed by atoms with van der Waals surface area (Å²) < 4.78 is 33.2. The molecule has 1 amide bonds. The number of fused-ring (bicyclic) bond motifs is 2. The number of hydrogen-bond acceptors (Lipinski definition) is 13. The molecule has 3 aliphatic rings. The van der Waals surface area contributed by atoms with E-state index in [1.54, 1.807) is 45.1 Å². The van der Waals surface area contributed by atoms with Crippen molar-refractivity contribution in [2.75, 3.05) is 27.7 Å². The summed E-state index contributed by atoms with van der Waals surface area (Å²) in [5, 5.41) is 11.4. The zero-order valence-electron chi connectivity index (χ0n) is 35.0. The number of hydrogen-bond donors (Lipinski definition) is 1. The highest BCUT2D eigenvalue weighted by Crippen LogP contribution is 2.43. The molecular weight excluding hydrogens is 722 g/mol. The van der Waals surface area contributed by atoms with Gasteiger partial charge in [-0.1, -0.05) is 27.7 Å². The third-order valence-electron chi connectivity index (χ3n) is 12.6. The smallest absolute Gasteiger partial charge is 0.410 e. The van der Waals surface area contributed by atoms with Crippen molar-refractivity contribution in [1.82, 2.24) is 24.3 Å². The highest BCUT2D eigenvalue weighted by molar-refractivity contribution is 6.00. The maximum Gasteiger partial charge on any atom is 0.410 e. The summed E-state index contributed by atoms with van der Waals surface area (Å²) in [7, 11) is 5.24. The largest absolute Gasteiger partial charge is 0.458 e. The maximum atomic E-state index is 14.7. The van der Waals surface area contributed by atoms with Crippen LogP contribution in [0.5, 0.6) is 0 Å². The fourth-order valence-corrected chi connectivity index (χ4v) is 9.35. The van der Waals surface area contributed by atoms with Crippen LogP contribution in [-0.2, 0) is 44.6 Å². The SMILES string of the molecule is CC[C@H]1OC(=O)[C@H](C)C(=O)[C@H](C)[C@@H](O[C@H]2O[C@@H](C)C[C@@H](N(C)C)[C@@H]2O)[C@](C)(OC)C[C@@H](C)C(=O)[C@H](C)[C@H]2N(CCCCn3cnc4ncccc43)C(=O)O[C@]12C. The Morgan fingerprint density at radius 1 is 1.00 bits per heavy atom. The maximum absolute atomic E-state index is 14.7. The molecule has 13 atom stereocenters. The lowest BCUT2D eigenvalue weighted by molar-refractivity contribution is -0.295. The molecule has 5 rings (SSSR count). The van der Waals surface area contributed by atoms with Crippen LogP contribution in [0.3, 0.4) is 0 Å². The zero-order chi connectivity index (χ0) is 41.3. The molecule has 312 valence electrons. The van der Waals surface area contributed by atoms with Crippen molar-refractivity contribution in [2.24, 2.45) is 23.7 Å². The number of imidazole rings is 1. The summed E-state index contributed by atoms with van der Waals surface area (Å²) in [4.78, 5) is 68.9. The number of aliphatic hydroxyl groups is 1. The molecule has 0 aliphatic carbocycles. The van der Waals surface area contributed by atoms with E-state index in [2.05, 4.69) is 9.97 Å². The van der Waals surface area contributed by atoms with E-state index in [0.717, 1.165) is 5.52 Å². The van der Waals surface area contributed by atoms with Gasteiger partial charge in [0.2, 0.25) is 0 Å². The first-order valence-electron chi connectivity index (χ1n) is 20.1. The zero-order valence-corrected chi connectivity index (χ0v) is 35.0. The van der Waals surface area contributed by atoms with Crippen molar-refractivity contribution < 1.29 is 48.0 Å². The van der Waals surface area contributed by atoms with E-state index in [4.69, 9.17) is 23.7 Å². The molecule has 3 aliphatic heterocycles. The minimum Gasteiger partial charge on any atom is -0.458 e. The van der Waals surface area contributed by atoms with Crippen LogP contribution < -0.4 is 0 Å². The van der Waals surface area contributed by atoms with E-state index in [1.165, 1.54) is 14.0 Å². The molecule has 0 unspecified atom stereocenters. The van der Waals surface area contributed by atoms with Gasteiger partial charge in [-0.3, -0.25) is 14.4 Å². The number of carbonyl (C=O) groups is 4. The summed E-state index contributed by atoms with van der Waals surface area (Å²) in [5.74, 6) is -4.94. The van der Waals surface area contributed by atoms with Gasteiger partial charge in [-0.25, -0.2) is 14.8 Å². The highest BCUT2D eigenvalue weighted by Gasteiger charge is 2.60. The Labute approximate surface area is 330 Å². The first-order valence-corrected chi connectivity index (χ1v) is 20.1. The number of ether oxygens (including phenoxy) is 5. The minimum absolute atomic E-state index is 0.131. The average molecular weight is 786 g/mol. The molecule has 15 heteroatoms. The van der Waals surface area contributed by atoms with E-state index >= 15 is 0 Å². The Balaban J connectivity index is 1.46. The molecule has 5 heterocycles. The third kappa shape index (κ3) is 8.52. The van der Waals surface area contributed by atoms with Crippen LogP contribution in [0, 0.1) is 23.7 Å². The first-order chi connectivity index (χ1) is 26.4. The second-order valence-electron chi connectivity index (χ2n) is 16.9. The fourth-order valence-electron chi connectivity index (χ4n) is 9.35. The number of nitrogens with zero attached hydrogens (tertiary/aromatic N) is 5. The quantitative estimate of drug-likeness (QED) is 0.204. The van der Waals surface area contributed by atoms with Crippen LogP contribution in [0.25, 0.3) is 11.2 Å². The number of amides is 1. The highest BCUT2D eigenvalue weighted by atomic mass is 16.7. The van der Waals surface area contributed by atoms with Crippen molar-refractivity contribution >= 4 is 34.8 Å². The number of pyridine rings is 1. The van der Waals surface area contributed by atoms with Gasteiger partial charge < -0.3 is 43.2 Å². The number of aliphatic hydroxyl groups excluding tert-OH is 1. The number of ketones is 2. The van der Waals surface area contributed by atoms with E-state index in [1.807, 2.05) is 56.5 Å². The lowest BCUT2D eigenvalue weighted by Gasteiger charge is -2.47. The van der Waals surface area contributed by atoms with Gasteiger partial charge >= 0.3 is 12.1 Å². The average Bonchev–Trinajstić information content (AvgIpc) is 3.70. The van der Waals surface area contributed by atoms with E-state index in [0.29, 0.717) is 38.0 Å². The van der Waals surface area contributed by atoms with Crippen LogP contribution in [0.15, 0.2) is 24.7 Å². The van der Waals surface area contributed by atoms with Gasteiger partial charge in [0.15, 0.2) is 23.3 Å². The molecule has 0 bridgehead atoms.